The Labute approximate surface area is 140 Å². The van der Waals surface area contributed by atoms with E-state index in [9.17, 15) is 0 Å². The third-order valence-electron chi connectivity index (χ3n) is 3.99. The molecule has 0 spiro atoms. The average Bonchev–Trinajstić information content (AvgIpc) is 3.01. The van der Waals surface area contributed by atoms with Crippen LogP contribution in [0.5, 0.6) is 0 Å². The van der Waals surface area contributed by atoms with E-state index in [1.54, 1.807) is 11.8 Å². The van der Waals surface area contributed by atoms with Crippen molar-refractivity contribution in [1.82, 2.24) is 0 Å². The Morgan fingerprint density at radius 3 is 2.00 bits per heavy atom. The van der Waals surface area contributed by atoms with Crippen molar-refractivity contribution in [1.29, 1.82) is 0 Å². The maximum Gasteiger partial charge on any atom is 0.148 e. The Kier molecular flexibility index (Phi) is 3.68. The minimum atomic E-state index is 0.938. The van der Waals surface area contributed by atoms with Crippen molar-refractivity contribution in [2.45, 2.75) is 4.90 Å². The summed E-state index contributed by atoms with van der Waals surface area (Å²) in [6.07, 6.45) is 2.10. The molecule has 0 bridgehead atoms. The molecule has 0 atom stereocenters. The van der Waals surface area contributed by atoms with Crippen LogP contribution in [0.2, 0.25) is 0 Å². The van der Waals surface area contributed by atoms with Gasteiger partial charge in [0.15, 0.2) is 0 Å². The van der Waals surface area contributed by atoms with Crippen molar-refractivity contribution >= 4 is 22.7 Å². The summed E-state index contributed by atoms with van der Waals surface area (Å²) in [5.41, 5.74) is 4.50. The zero-order chi connectivity index (χ0) is 15.6. The topological polar surface area (TPSA) is 13.1 Å². The lowest BCUT2D eigenvalue weighted by Gasteiger charge is -2.02. The molecule has 4 rings (SSSR count). The monoisotopic (exact) mass is 316 g/mol. The highest BCUT2D eigenvalue weighted by atomic mass is 32.2. The van der Waals surface area contributed by atoms with Gasteiger partial charge in [-0.1, -0.05) is 66.7 Å². The number of furan rings is 1. The molecule has 4 aromatic rings. The fraction of sp³-hybridized carbons (Fsp3) is 0.0476. The first kappa shape index (κ1) is 14.2. The van der Waals surface area contributed by atoms with Gasteiger partial charge < -0.3 is 4.42 Å². The minimum absolute atomic E-state index is 0.938. The second-order valence-corrected chi connectivity index (χ2v) is 6.22. The highest BCUT2D eigenvalue weighted by Gasteiger charge is 2.15. The molecule has 23 heavy (non-hydrogen) atoms. The molecule has 1 aromatic heterocycles. The van der Waals surface area contributed by atoms with Gasteiger partial charge >= 0.3 is 0 Å². The summed E-state index contributed by atoms with van der Waals surface area (Å²) in [5.74, 6) is 0.957. The molecule has 0 saturated carbocycles. The molecular weight excluding hydrogens is 300 g/mol. The maximum atomic E-state index is 6.15. The SMILES string of the molecule is CSc1c(-c2ccccc2)oc2ccc(-c3ccccc3)cc12. The van der Waals surface area contributed by atoms with Gasteiger partial charge in [-0.3, -0.25) is 0 Å². The molecule has 0 aliphatic rings. The quantitative estimate of drug-likeness (QED) is 0.401. The molecule has 0 N–H and O–H groups in total. The van der Waals surface area contributed by atoms with Gasteiger partial charge in [0.1, 0.15) is 11.3 Å². The maximum absolute atomic E-state index is 6.15. The Bertz CT molecular complexity index is 940. The largest absolute Gasteiger partial charge is 0.455 e. The Morgan fingerprint density at radius 2 is 1.35 bits per heavy atom. The summed E-state index contributed by atoms with van der Waals surface area (Å²) in [6, 6.07) is 27.2. The van der Waals surface area contributed by atoms with Crippen LogP contribution in [0.4, 0.5) is 0 Å². The van der Waals surface area contributed by atoms with Crippen LogP contribution in [-0.2, 0) is 0 Å². The third kappa shape index (κ3) is 2.55. The van der Waals surface area contributed by atoms with Crippen LogP contribution in [0.25, 0.3) is 33.4 Å². The third-order valence-corrected chi connectivity index (χ3v) is 4.80. The zero-order valence-corrected chi connectivity index (χ0v) is 13.6. The number of fused-ring (bicyclic) bond motifs is 1. The van der Waals surface area contributed by atoms with Crippen LogP contribution < -0.4 is 0 Å². The van der Waals surface area contributed by atoms with Crippen molar-refractivity contribution in [2.24, 2.45) is 0 Å². The van der Waals surface area contributed by atoms with Crippen LogP contribution in [0.1, 0.15) is 0 Å². The fourth-order valence-corrected chi connectivity index (χ4v) is 3.59. The average molecular weight is 316 g/mol. The van der Waals surface area contributed by atoms with Gasteiger partial charge in [0.2, 0.25) is 0 Å². The summed E-state index contributed by atoms with van der Waals surface area (Å²) >= 11 is 1.74. The second kappa shape index (κ2) is 5.98. The molecule has 112 valence electrons. The highest BCUT2D eigenvalue weighted by molar-refractivity contribution is 7.99. The van der Waals surface area contributed by atoms with Crippen LogP contribution in [0.3, 0.4) is 0 Å². The molecule has 3 aromatic carbocycles. The van der Waals surface area contributed by atoms with E-state index in [1.807, 2.05) is 24.3 Å². The number of hydrogen-bond acceptors (Lipinski definition) is 2. The van der Waals surface area contributed by atoms with Gasteiger partial charge in [0.05, 0.1) is 4.90 Å². The van der Waals surface area contributed by atoms with Crippen LogP contribution in [0.15, 0.2) is 88.2 Å². The van der Waals surface area contributed by atoms with E-state index in [1.165, 1.54) is 21.4 Å². The first-order valence-electron chi connectivity index (χ1n) is 7.58. The molecule has 0 fully saturated rings. The van der Waals surface area contributed by atoms with Crippen LogP contribution >= 0.6 is 11.8 Å². The molecule has 0 saturated heterocycles. The molecule has 0 radical (unpaired) electrons. The van der Waals surface area contributed by atoms with Gasteiger partial charge in [-0.2, -0.15) is 0 Å². The van der Waals surface area contributed by atoms with Gasteiger partial charge in [0.25, 0.3) is 0 Å². The Balaban J connectivity index is 1.92. The number of benzene rings is 3. The summed E-state index contributed by atoms with van der Waals surface area (Å²) in [5, 5.41) is 1.18. The number of rotatable bonds is 3. The van der Waals surface area contributed by atoms with Crippen molar-refractivity contribution < 1.29 is 4.42 Å². The standard InChI is InChI=1S/C21H16OS/c1-23-21-18-14-17(15-8-4-2-5-9-15)12-13-19(18)22-20(21)16-10-6-3-7-11-16/h2-14H,1H3. The molecule has 0 unspecified atom stereocenters. The van der Waals surface area contributed by atoms with Gasteiger partial charge in [0, 0.05) is 10.9 Å². The van der Waals surface area contributed by atoms with E-state index in [-0.39, 0.29) is 0 Å². The van der Waals surface area contributed by atoms with Crippen LogP contribution in [0, 0.1) is 0 Å². The lowest BCUT2D eigenvalue weighted by Crippen LogP contribution is -1.78. The van der Waals surface area contributed by atoms with E-state index in [0.717, 1.165) is 16.9 Å². The summed E-state index contributed by atoms with van der Waals surface area (Å²) in [4.78, 5) is 1.20. The highest BCUT2D eigenvalue weighted by Crippen LogP contribution is 2.40. The molecule has 0 aliphatic carbocycles. The molecule has 1 heterocycles. The lowest BCUT2D eigenvalue weighted by atomic mass is 10.0. The normalized spacial score (nSPS) is 11.0. The van der Waals surface area contributed by atoms with Gasteiger partial charge in [-0.15, -0.1) is 11.8 Å². The number of thioether (sulfide) groups is 1. The summed E-state index contributed by atoms with van der Waals surface area (Å²) in [6.45, 7) is 0. The van der Waals surface area contributed by atoms with E-state index < -0.39 is 0 Å². The van der Waals surface area contributed by atoms with Gasteiger partial charge in [-0.05, 0) is 29.5 Å². The van der Waals surface area contributed by atoms with E-state index in [2.05, 4.69) is 60.9 Å². The van der Waals surface area contributed by atoms with Crippen molar-refractivity contribution in [2.75, 3.05) is 6.26 Å². The molecule has 0 amide bonds. The second-order valence-electron chi connectivity index (χ2n) is 5.41. The van der Waals surface area contributed by atoms with Crippen molar-refractivity contribution in [3.63, 3.8) is 0 Å². The van der Waals surface area contributed by atoms with Crippen molar-refractivity contribution in [3.8, 4) is 22.5 Å². The van der Waals surface area contributed by atoms with Crippen molar-refractivity contribution in [3.05, 3.63) is 78.9 Å². The molecule has 0 aliphatic heterocycles. The van der Waals surface area contributed by atoms with E-state index in [0.29, 0.717) is 0 Å². The summed E-state index contributed by atoms with van der Waals surface area (Å²) in [7, 11) is 0. The van der Waals surface area contributed by atoms with Crippen LogP contribution in [-0.4, -0.2) is 6.26 Å². The Hall–Kier alpha value is -2.45. The first-order chi connectivity index (χ1) is 11.4. The van der Waals surface area contributed by atoms with Gasteiger partial charge in [-0.25, -0.2) is 0 Å². The van der Waals surface area contributed by atoms with E-state index in [4.69, 9.17) is 4.42 Å². The summed E-state index contributed by atoms with van der Waals surface area (Å²) < 4.78 is 6.15. The molecule has 1 nitrogen and oxygen atoms in total. The molecular formula is C21H16OS. The lowest BCUT2D eigenvalue weighted by molar-refractivity contribution is 0.625. The Morgan fingerprint density at radius 1 is 0.696 bits per heavy atom. The number of hydrogen-bond donors (Lipinski definition) is 0. The first-order valence-corrected chi connectivity index (χ1v) is 8.80. The zero-order valence-electron chi connectivity index (χ0n) is 12.8. The predicted octanol–water partition coefficient (Wildman–Crippen LogP) is 6.49. The minimum Gasteiger partial charge on any atom is -0.455 e. The van der Waals surface area contributed by atoms with E-state index >= 15 is 0 Å². The molecule has 2 heteroatoms. The predicted molar refractivity (Wildman–Crippen MR) is 98.9 cm³/mol. The smallest absolute Gasteiger partial charge is 0.148 e. The fourth-order valence-electron chi connectivity index (χ4n) is 2.87.